The van der Waals surface area contributed by atoms with Gasteiger partial charge in [-0.3, -0.25) is 9.59 Å². The fraction of sp³-hybridized carbons (Fsp3) is 0.158. The molecule has 0 saturated heterocycles. The van der Waals surface area contributed by atoms with E-state index in [0.29, 0.717) is 33.8 Å². The second kappa shape index (κ2) is 24.4. The number of thiazole rings is 2. The Balaban J connectivity index is 0.000000197. The van der Waals surface area contributed by atoms with Crippen LogP contribution in [0.3, 0.4) is 0 Å². The summed E-state index contributed by atoms with van der Waals surface area (Å²) in [6.45, 7) is 11.5. The number of anilines is 6. The van der Waals surface area contributed by atoms with E-state index in [2.05, 4.69) is 111 Å². The number of aromatic nitrogens is 2. The van der Waals surface area contributed by atoms with Gasteiger partial charge in [0.05, 0.1) is 11.4 Å². The van der Waals surface area contributed by atoms with E-state index in [1.54, 1.807) is 42.5 Å². The van der Waals surface area contributed by atoms with Gasteiger partial charge in [-0.2, -0.15) is 0 Å². The van der Waals surface area contributed by atoms with E-state index in [1.807, 2.05) is 29.6 Å². The first kappa shape index (κ1) is 44.4. The van der Waals surface area contributed by atoms with Crippen molar-refractivity contribution in [2.75, 3.05) is 58.5 Å². The molecule has 6 aromatic rings. The van der Waals surface area contributed by atoms with Gasteiger partial charge < -0.3 is 31.8 Å². The molecule has 2 aromatic heterocycles. The van der Waals surface area contributed by atoms with Gasteiger partial charge >= 0.3 is 0 Å². The number of nitrogens with zero attached hydrogens (tertiary/aromatic N) is 2. The first-order valence-electron chi connectivity index (χ1n) is 16.6. The molecule has 0 spiro atoms. The highest BCUT2D eigenvalue weighted by Crippen LogP contribution is 2.28. The van der Waals surface area contributed by atoms with Crippen molar-refractivity contribution in [3.63, 3.8) is 0 Å². The van der Waals surface area contributed by atoms with Gasteiger partial charge in [-0.05, 0) is 148 Å². The maximum absolute atomic E-state index is 10.9. The smallest absolute Gasteiger partial charge is 0.186 e. The van der Waals surface area contributed by atoms with E-state index in [-0.39, 0.29) is 11.6 Å². The fourth-order valence-electron chi connectivity index (χ4n) is 4.38. The molecule has 284 valence electrons. The van der Waals surface area contributed by atoms with Crippen LogP contribution >= 0.6 is 57.6 Å². The van der Waals surface area contributed by atoms with Crippen molar-refractivity contribution in [3.8, 4) is 22.5 Å². The number of carbonyl (C=O) groups excluding carboxylic acids is 2. The zero-order valence-electron chi connectivity index (χ0n) is 31.1. The molecule has 0 saturated carbocycles. The number of benzene rings is 4. The Morgan fingerprint density at radius 3 is 1.26 bits per heavy atom. The van der Waals surface area contributed by atoms with E-state index in [9.17, 15) is 9.59 Å². The highest BCUT2D eigenvalue weighted by atomic mass is 32.1. The Kier molecular flexibility index (Phi) is 20.1. The number of ketones is 2. The Hall–Kier alpha value is -4.00. The SMILES string of the molecule is CC(=O)c1ccc(N)cc1.CPNc1ccc(-c2csc(N)n2)cc1.CPNc1ccc(-c2csc(NPC)n2)cc1.CPNc1ccc(C(C)=O)cc1. The van der Waals surface area contributed by atoms with Crippen LogP contribution in [0.1, 0.15) is 34.6 Å². The summed E-state index contributed by atoms with van der Waals surface area (Å²) in [6.07, 6.45) is 0. The van der Waals surface area contributed by atoms with Crippen molar-refractivity contribution in [1.29, 1.82) is 0 Å². The number of hydrogen-bond donors (Lipinski definition) is 6. The van der Waals surface area contributed by atoms with Crippen molar-refractivity contribution in [2.24, 2.45) is 0 Å². The van der Waals surface area contributed by atoms with E-state index in [0.717, 1.165) is 56.5 Å². The topological polar surface area (TPSA) is 160 Å². The third kappa shape index (κ3) is 15.8. The minimum absolute atomic E-state index is 0.0694. The van der Waals surface area contributed by atoms with Gasteiger partial charge in [-0.1, -0.05) is 24.3 Å². The number of hydrogen-bond acceptors (Lipinski definition) is 12. The Bertz CT molecular complexity index is 1990. The van der Waals surface area contributed by atoms with Crippen LogP contribution < -0.4 is 31.8 Å². The number of Topliss-reactive ketones (excluding diaryl/α,β-unsaturated/α-hetero) is 2. The zero-order chi connectivity index (χ0) is 39.3. The van der Waals surface area contributed by atoms with Gasteiger partial charge in [0.25, 0.3) is 0 Å². The first-order valence-corrected chi connectivity index (χ1v) is 24.4. The number of nitrogens with two attached hydrogens (primary N) is 2. The Morgan fingerprint density at radius 1 is 0.519 bits per heavy atom. The summed E-state index contributed by atoms with van der Waals surface area (Å²) in [5.74, 6) is 0.181. The lowest BCUT2D eigenvalue weighted by Crippen LogP contribution is -1.91. The summed E-state index contributed by atoms with van der Waals surface area (Å²) in [7, 11) is 2.83. The lowest BCUT2D eigenvalue weighted by atomic mass is 10.1. The summed E-state index contributed by atoms with van der Waals surface area (Å²) in [4.78, 5) is 30.4. The number of carbonyl (C=O) groups is 2. The second-order valence-corrected chi connectivity index (χ2v) is 15.8. The molecule has 0 bridgehead atoms. The van der Waals surface area contributed by atoms with Crippen molar-refractivity contribution < 1.29 is 9.59 Å². The van der Waals surface area contributed by atoms with E-state index in [4.69, 9.17) is 11.5 Å². The van der Waals surface area contributed by atoms with E-state index >= 15 is 0 Å². The number of nitrogens with one attached hydrogen (secondary N) is 4. The third-order valence-electron chi connectivity index (χ3n) is 7.04. The lowest BCUT2D eigenvalue weighted by molar-refractivity contribution is 0.100. The highest BCUT2D eigenvalue weighted by Gasteiger charge is 2.04. The predicted octanol–water partition coefficient (Wildman–Crippen LogP) is 11.1. The summed E-state index contributed by atoms with van der Waals surface area (Å²) in [5.41, 5.74) is 20.8. The summed E-state index contributed by atoms with van der Waals surface area (Å²) < 4.78 is 0. The van der Waals surface area contributed by atoms with Crippen molar-refractivity contribution >= 4 is 102 Å². The van der Waals surface area contributed by atoms with E-state index in [1.165, 1.54) is 29.5 Å². The van der Waals surface area contributed by atoms with Gasteiger partial charge in [-0.15, -0.1) is 22.7 Å². The van der Waals surface area contributed by atoms with Crippen LogP contribution in [0.5, 0.6) is 0 Å². The maximum atomic E-state index is 10.9. The lowest BCUT2D eigenvalue weighted by Gasteiger charge is -2.03. The molecule has 0 aliphatic rings. The molecule has 6 rings (SSSR count). The molecule has 54 heavy (non-hydrogen) atoms. The quantitative estimate of drug-likeness (QED) is 0.0398. The summed E-state index contributed by atoms with van der Waals surface area (Å²) in [5, 5.41) is 18.7. The third-order valence-corrected chi connectivity index (χ3v) is 10.8. The summed E-state index contributed by atoms with van der Waals surface area (Å²) >= 11 is 3.12. The van der Waals surface area contributed by atoms with Crippen LogP contribution in [0.4, 0.5) is 33.0 Å². The standard InChI is InChI=1S/C11H15N3P2S.C10H12N3PS.C9H12NOP.C8H9NO/c1-15-13-9-5-3-8(4-6-9)10-7-17-11(12-10)14-16-2;1-14-13-8-4-2-7(3-5-8)9-6-15-10(11)12-9;1-7(11)8-3-5-9(6-4-8)10-12-2;1-6(10)7-2-4-8(9)5-3-7/h3-7,13,15-16H,1-2H3,(H,12,14);2-6,13-14H,1H3,(H2,11,12);3-6,10,12H,1-2H3;2-5H,9H2,1H3. The first-order chi connectivity index (χ1) is 26.1. The van der Waals surface area contributed by atoms with Gasteiger partial charge in [-0.25, -0.2) is 9.97 Å². The Labute approximate surface area is 333 Å². The normalized spacial score (nSPS) is 10.8. The highest BCUT2D eigenvalue weighted by molar-refractivity contribution is 7.40. The molecule has 16 heteroatoms. The van der Waals surface area contributed by atoms with Crippen LogP contribution in [-0.4, -0.2) is 48.2 Å². The van der Waals surface area contributed by atoms with E-state index < -0.39 is 0 Å². The van der Waals surface area contributed by atoms with Crippen LogP contribution in [0, 0.1) is 0 Å². The van der Waals surface area contributed by atoms with Crippen LogP contribution in [-0.2, 0) is 0 Å². The largest absolute Gasteiger partial charge is 0.399 e. The molecule has 4 unspecified atom stereocenters. The van der Waals surface area contributed by atoms with Crippen molar-refractivity contribution in [3.05, 3.63) is 119 Å². The molecule has 10 nitrogen and oxygen atoms in total. The molecular formula is C38H48N8O2P4S2. The van der Waals surface area contributed by atoms with Gasteiger partial charge in [0.2, 0.25) is 0 Å². The molecule has 2 heterocycles. The molecule has 0 aliphatic carbocycles. The molecule has 8 N–H and O–H groups in total. The predicted molar refractivity (Wildman–Crippen MR) is 248 cm³/mol. The minimum Gasteiger partial charge on any atom is -0.399 e. The van der Waals surface area contributed by atoms with Gasteiger partial charge in [0.15, 0.2) is 21.8 Å². The summed E-state index contributed by atoms with van der Waals surface area (Å²) in [6, 6.07) is 31.0. The van der Waals surface area contributed by atoms with Gasteiger partial charge in [0, 0.05) is 55.8 Å². The van der Waals surface area contributed by atoms with Crippen molar-refractivity contribution in [1.82, 2.24) is 9.97 Å². The zero-order valence-corrected chi connectivity index (χ0v) is 36.7. The molecule has 4 aromatic carbocycles. The van der Waals surface area contributed by atoms with Crippen LogP contribution in [0.15, 0.2) is 108 Å². The maximum Gasteiger partial charge on any atom is 0.186 e. The average molecular weight is 837 g/mol. The fourth-order valence-corrected chi connectivity index (χ4v) is 7.69. The molecule has 0 aliphatic heterocycles. The molecule has 0 amide bonds. The molecule has 4 atom stereocenters. The molecular weight excluding hydrogens is 789 g/mol. The number of rotatable bonds is 12. The number of nitrogen functional groups attached to an aromatic ring is 2. The van der Waals surface area contributed by atoms with Crippen LogP contribution in [0.2, 0.25) is 0 Å². The minimum atomic E-state index is 0.0694. The average Bonchev–Trinajstić information content (AvgIpc) is 3.83. The van der Waals surface area contributed by atoms with Gasteiger partial charge in [0.1, 0.15) is 0 Å². The Morgan fingerprint density at radius 2 is 0.889 bits per heavy atom. The second-order valence-electron chi connectivity index (χ2n) is 11.1. The van der Waals surface area contributed by atoms with Crippen molar-refractivity contribution in [2.45, 2.75) is 13.8 Å². The monoisotopic (exact) mass is 836 g/mol. The molecule has 0 radical (unpaired) electrons. The molecule has 0 fully saturated rings. The van der Waals surface area contributed by atoms with Crippen LogP contribution in [0.25, 0.3) is 22.5 Å².